The zero-order chi connectivity index (χ0) is 12.8. The van der Waals surface area contributed by atoms with Crippen LogP contribution in [0.4, 0.5) is 0 Å². The van der Waals surface area contributed by atoms with Crippen LogP contribution in [0.25, 0.3) is 11.6 Å². The van der Waals surface area contributed by atoms with Gasteiger partial charge in [0.15, 0.2) is 11.5 Å². The molecule has 0 saturated heterocycles. The Morgan fingerprint density at radius 2 is 1.74 bits per heavy atom. The molecule has 94 valence electrons. The molecule has 19 heavy (non-hydrogen) atoms. The molecule has 0 radical (unpaired) electrons. The van der Waals surface area contributed by atoms with Crippen molar-refractivity contribution < 1.29 is 14.6 Å². The Morgan fingerprint density at radius 3 is 2.53 bits per heavy atom. The molecule has 0 amide bonds. The van der Waals surface area contributed by atoms with Crippen LogP contribution in [0.3, 0.4) is 0 Å². The molecule has 1 atom stereocenters. The van der Waals surface area contributed by atoms with E-state index in [0.717, 1.165) is 28.0 Å². The average Bonchev–Trinajstić information content (AvgIpc) is 3.02. The molecule has 3 heteroatoms. The largest absolute Gasteiger partial charge is 0.454 e. The summed E-state index contributed by atoms with van der Waals surface area (Å²) in [5.41, 5.74) is 3.83. The van der Waals surface area contributed by atoms with Gasteiger partial charge in [0.2, 0.25) is 6.79 Å². The minimum Gasteiger partial charge on any atom is -0.454 e. The third kappa shape index (κ3) is 1.55. The SMILES string of the molecule is OC1C(c2ccccc2)=Cc2cc3c(cc21)OCO3. The lowest BCUT2D eigenvalue weighted by molar-refractivity contribution is 0.173. The highest BCUT2D eigenvalue weighted by atomic mass is 16.7. The fourth-order valence-electron chi connectivity index (χ4n) is 2.62. The topological polar surface area (TPSA) is 38.7 Å². The van der Waals surface area contributed by atoms with Gasteiger partial charge in [0.1, 0.15) is 6.10 Å². The lowest BCUT2D eigenvalue weighted by Gasteiger charge is -2.10. The second kappa shape index (κ2) is 3.87. The van der Waals surface area contributed by atoms with Gasteiger partial charge in [-0.2, -0.15) is 0 Å². The molecule has 1 N–H and O–H groups in total. The van der Waals surface area contributed by atoms with Crippen molar-refractivity contribution in [2.75, 3.05) is 6.79 Å². The lowest BCUT2D eigenvalue weighted by atomic mass is 10.0. The third-order valence-electron chi connectivity index (χ3n) is 3.59. The van der Waals surface area contributed by atoms with E-state index in [-0.39, 0.29) is 6.79 Å². The molecular formula is C16H12O3. The fourth-order valence-corrected chi connectivity index (χ4v) is 2.62. The minimum absolute atomic E-state index is 0.254. The normalized spacial score (nSPS) is 19.2. The number of aliphatic hydroxyl groups is 1. The summed E-state index contributed by atoms with van der Waals surface area (Å²) in [4.78, 5) is 0. The Hall–Kier alpha value is -2.26. The van der Waals surface area contributed by atoms with E-state index < -0.39 is 6.10 Å². The van der Waals surface area contributed by atoms with Crippen molar-refractivity contribution in [2.45, 2.75) is 6.10 Å². The highest BCUT2D eigenvalue weighted by Gasteiger charge is 2.27. The van der Waals surface area contributed by atoms with E-state index in [1.54, 1.807) is 0 Å². The average molecular weight is 252 g/mol. The van der Waals surface area contributed by atoms with E-state index in [0.29, 0.717) is 5.75 Å². The zero-order valence-corrected chi connectivity index (χ0v) is 10.2. The van der Waals surface area contributed by atoms with Gasteiger partial charge in [-0.25, -0.2) is 0 Å². The van der Waals surface area contributed by atoms with Gasteiger partial charge in [0.05, 0.1) is 0 Å². The van der Waals surface area contributed by atoms with Gasteiger partial charge in [-0.05, 0) is 40.5 Å². The van der Waals surface area contributed by atoms with E-state index in [9.17, 15) is 5.11 Å². The summed E-state index contributed by atoms with van der Waals surface area (Å²) in [5, 5.41) is 10.5. The predicted molar refractivity (Wildman–Crippen MR) is 71.8 cm³/mol. The maximum absolute atomic E-state index is 10.5. The van der Waals surface area contributed by atoms with Crippen molar-refractivity contribution >= 4 is 11.6 Å². The van der Waals surface area contributed by atoms with Crippen LogP contribution in [0, 0.1) is 0 Å². The van der Waals surface area contributed by atoms with Crippen LogP contribution in [-0.4, -0.2) is 11.9 Å². The highest BCUT2D eigenvalue weighted by Crippen LogP contribution is 2.45. The molecule has 1 aliphatic heterocycles. The van der Waals surface area contributed by atoms with Gasteiger partial charge < -0.3 is 14.6 Å². The lowest BCUT2D eigenvalue weighted by Crippen LogP contribution is -1.97. The second-order valence-corrected chi connectivity index (χ2v) is 4.70. The van der Waals surface area contributed by atoms with Crippen LogP contribution in [0.2, 0.25) is 0 Å². The van der Waals surface area contributed by atoms with Gasteiger partial charge in [0.25, 0.3) is 0 Å². The number of rotatable bonds is 1. The number of fused-ring (bicyclic) bond motifs is 2. The van der Waals surface area contributed by atoms with E-state index in [1.807, 2.05) is 48.5 Å². The number of hydrogen-bond donors (Lipinski definition) is 1. The molecule has 0 aromatic heterocycles. The number of aliphatic hydroxyl groups excluding tert-OH is 1. The first-order valence-corrected chi connectivity index (χ1v) is 6.21. The molecule has 2 aromatic rings. The van der Waals surface area contributed by atoms with Gasteiger partial charge in [-0.15, -0.1) is 0 Å². The second-order valence-electron chi connectivity index (χ2n) is 4.70. The highest BCUT2D eigenvalue weighted by molar-refractivity contribution is 5.91. The summed E-state index contributed by atoms with van der Waals surface area (Å²) in [5.74, 6) is 1.46. The maximum Gasteiger partial charge on any atom is 0.231 e. The van der Waals surface area contributed by atoms with E-state index in [2.05, 4.69) is 0 Å². The Balaban J connectivity index is 1.82. The van der Waals surface area contributed by atoms with Crippen molar-refractivity contribution in [3.63, 3.8) is 0 Å². The van der Waals surface area contributed by atoms with Crippen LogP contribution in [0.15, 0.2) is 42.5 Å². The van der Waals surface area contributed by atoms with Gasteiger partial charge in [0, 0.05) is 0 Å². The van der Waals surface area contributed by atoms with Crippen LogP contribution in [0.5, 0.6) is 11.5 Å². The summed E-state index contributed by atoms with van der Waals surface area (Å²) in [6.07, 6.45) is 1.41. The van der Waals surface area contributed by atoms with Crippen LogP contribution >= 0.6 is 0 Å². The van der Waals surface area contributed by atoms with Crippen molar-refractivity contribution in [1.82, 2.24) is 0 Å². The summed E-state index contributed by atoms with van der Waals surface area (Å²) >= 11 is 0. The van der Waals surface area contributed by atoms with E-state index >= 15 is 0 Å². The van der Waals surface area contributed by atoms with Crippen molar-refractivity contribution in [3.8, 4) is 11.5 Å². The van der Waals surface area contributed by atoms with Crippen molar-refractivity contribution in [2.24, 2.45) is 0 Å². The molecule has 0 fully saturated rings. The fraction of sp³-hybridized carbons (Fsp3) is 0.125. The molecule has 2 aliphatic rings. The van der Waals surface area contributed by atoms with Crippen molar-refractivity contribution in [1.29, 1.82) is 0 Å². The molecule has 1 aliphatic carbocycles. The molecule has 1 heterocycles. The number of ether oxygens (including phenoxy) is 2. The quantitative estimate of drug-likeness (QED) is 0.848. The molecule has 2 aromatic carbocycles. The zero-order valence-electron chi connectivity index (χ0n) is 10.2. The molecule has 0 spiro atoms. The van der Waals surface area contributed by atoms with Crippen LogP contribution in [-0.2, 0) is 0 Å². The summed E-state index contributed by atoms with van der Waals surface area (Å²) < 4.78 is 10.7. The molecule has 4 rings (SSSR count). The molecule has 3 nitrogen and oxygen atoms in total. The van der Waals surface area contributed by atoms with Crippen LogP contribution < -0.4 is 9.47 Å². The number of benzene rings is 2. The first-order valence-electron chi connectivity index (χ1n) is 6.21. The summed E-state index contributed by atoms with van der Waals surface area (Å²) in [6, 6.07) is 13.7. The summed E-state index contributed by atoms with van der Waals surface area (Å²) in [6.45, 7) is 0.254. The van der Waals surface area contributed by atoms with Gasteiger partial charge in [-0.3, -0.25) is 0 Å². The van der Waals surface area contributed by atoms with E-state index in [1.165, 1.54) is 0 Å². The minimum atomic E-state index is -0.605. The Bertz CT molecular complexity index is 674. The van der Waals surface area contributed by atoms with Gasteiger partial charge in [-0.1, -0.05) is 30.3 Å². The van der Waals surface area contributed by atoms with E-state index in [4.69, 9.17) is 9.47 Å². The predicted octanol–water partition coefficient (Wildman–Crippen LogP) is 3.00. The van der Waals surface area contributed by atoms with Crippen molar-refractivity contribution in [3.05, 3.63) is 59.2 Å². The van der Waals surface area contributed by atoms with Crippen LogP contribution in [0.1, 0.15) is 22.8 Å². The Morgan fingerprint density at radius 1 is 1.00 bits per heavy atom. The van der Waals surface area contributed by atoms with Gasteiger partial charge >= 0.3 is 0 Å². The molecular weight excluding hydrogens is 240 g/mol. The molecule has 0 saturated carbocycles. The number of hydrogen-bond acceptors (Lipinski definition) is 3. The Kier molecular flexibility index (Phi) is 2.17. The monoisotopic (exact) mass is 252 g/mol. The molecule has 1 unspecified atom stereocenters. The molecule has 0 bridgehead atoms. The standard InChI is InChI=1S/C16H12O3/c17-16-12(10-4-2-1-3-5-10)6-11-7-14-15(8-13(11)16)19-9-18-14/h1-8,16-17H,9H2. The Labute approximate surface area is 110 Å². The maximum atomic E-state index is 10.5. The smallest absolute Gasteiger partial charge is 0.231 e. The first kappa shape index (κ1) is 10.6. The third-order valence-corrected chi connectivity index (χ3v) is 3.59. The summed E-state index contributed by atoms with van der Waals surface area (Å²) in [7, 11) is 0. The first-order chi connectivity index (χ1) is 9.33.